The minimum Gasteiger partial charge on any atom is -0.445 e. The van der Waals surface area contributed by atoms with Gasteiger partial charge in [-0.05, 0) is 18.4 Å². The Kier molecular flexibility index (Phi) is 3.89. The van der Waals surface area contributed by atoms with Gasteiger partial charge in [0, 0.05) is 0 Å². The fraction of sp³-hybridized carbons (Fsp3) is 0.533. The molecule has 2 fully saturated rings. The van der Waals surface area contributed by atoms with Crippen LogP contribution in [0.15, 0.2) is 30.3 Å². The molecule has 2 aliphatic rings. The highest BCUT2D eigenvalue weighted by molar-refractivity contribution is 5.69. The molecule has 0 saturated carbocycles. The number of aliphatic hydroxyl groups is 1. The third kappa shape index (κ3) is 2.78. The molecule has 2 unspecified atom stereocenters. The molecule has 2 bridgehead atoms. The van der Waals surface area contributed by atoms with Crippen LogP contribution in [0.3, 0.4) is 0 Å². The van der Waals surface area contributed by atoms with Gasteiger partial charge in [-0.25, -0.2) is 4.79 Å². The van der Waals surface area contributed by atoms with Gasteiger partial charge in [-0.15, -0.1) is 0 Å². The molecule has 0 radical (unpaired) electrons. The summed E-state index contributed by atoms with van der Waals surface area (Å²) in [5.74, 6) is 0. The largest absolute Gasteiger partial charge is 0.445 e. The quantitative estimate of drug-likeness (QED) is 0.891. The minimum absolute atomic E-state index is 0.0687. The van der Waals surface area contributed by atoms with Crippen LogP contribution in [0, 0.1) is 0 Å². The third-order valence-electron chi connectivity index (χ3n) is 3.91. The van der Waals surface area contributed by atoms with Crippen LogP contribution in [0.4, 0.5) is 4.79 Å². The zero-order chi connectivity index (χ0) is 13.9. The van der Waals surface area contributed by atoms with Gasteiger partial charge in [0.15, 0.2) is 0 Å². The molecule has 1 aromatic rings. The average molecular weight is 277 g/mol. The van der Waals surface area contributed by atoms with Crippen molar-refractivity contribution in [3.63, 3.8) is 0 Å². The molecule has 2 atom stereocenters. The Balaban J connectivity index is 1.62. The molecule has 1 aromatic carbocycles. The first kappa shape index (κ1) is 13.4. The lowest BCUT2D eigenvalue weighted by molar-refractivity contribution is -0.0954. The maximum atomic E-state index is 12.3. The Bertz CT molecular complexity index is 450. The van der Waals surface area contributed by atoms with E-state index in [1.807, 2.05) is 30.3 Å². The van der Waals surface area contributed by atoms with Crippen molar-refractivity contribution in [2.75, 3.05) is 13.2 Å². The van der Waals surface area contributed by atoms with Crippen LogP contribution in [0.25, 0.3) is 0 Å². The summed E-state index contributed by atoms with van der Waals surface area (Å²) in [7, 11) is 0. The maximum absolute atomic E-state index is 12.3. The lowest BCUT2D eigenvalue weighted by Gasteiger charge is -2.46. The summed E-state index contributed by atoms with van der Waals surface area (Å²) in [6.07, 6.45) is 0.486. The molecule has 5 heteroatoms. The van der Waals surface area contributed by atoms with E-state index < -0.39 is 0 Å². The van der Waals surface area contributed by atoms with Crippen LogP contribution in [0.1, 0.15) is 18.4 Å². The second kappa shape index (κ2) is 5.81. The summed E-state index contributed by atoms with van der Waals surface area (Å²) in [5.41, 5.74) is 0.972. The first-order valence-corrected chi connectivity index (χ1v) is 6.99. The molecular formula is C15H19NO4. The van der Waals surface area contributed by atoms with Crippen molar-refractivity contribution < 1.29 is 19.4 Å². The summed E-state index contributed by atoms with van der Waals surface area (Å²) in [6, 6.07) is 9.49. The number of nitrogens with zero attached hydrogens (tertiary/aromatic N) is 1. The predicted octanol–water partition coefficient (Wildman–Crippen LogP) is 1.55. The number of amides is 1. The molecule has 0 aliphatic carbocycles. The number of rotatable bonds is 2. The highest BCUT2D eigenvalue weighted by Crippen LogP contribution is 2.28. The lowest BCUT2D eigenvalue weighted by Crippen LogP contribution is -2.60. The van der Waals surface area contributed by atoms with E-state index in [2.05, 4.69) is 0 Å². The van der Waals surface area contributed by atoms with Gasteiger partial charge >= 0.3 is 6.09 Å². The van der Waals surface area contributed by atoms with Crippen LogP contribution >= 0.6 is 0 Å². The van der Waals surface area contributed by atoms with E-state index >= 15 is 0 Å². The zero-order valence-electron chi connectivity index (χ0n) is 11.3. The average Bonchev–Trinajstić information content (AvgIpc) is 2.45. The number of benzene rings is 1. The number of morpholine rings is 1. The molecule has 5 nitrogen and oxygen atoms in total. The van der Waals surface area contributed by atoms with Crippen LogP contribution < -0.4 is 0 Å². The van der Waals surface area contributed by atoms with Gasteiger partial charge in [0.05, 0.1) is 31.4 Å². The van der Waals surface area contributed by atoms with Crippen molar-refractivity contribution in [3.05, 3.63) is 35.9 Å². The molecule has 1 amide bonds. The lowest BCUT2D eigenvalue weighted by atomic mass is 9.92. The summed E-state index contributed by atoms with van der Waals surface area (Å²) < 4.78 is 10.9. The summed E-state index contributed by atoms with van der Waals surface area (Å²) in [4.78, 5) is 14.0. The number of carbonyl (C=O) groups is 1. The van der Waals surface area contributed by atoms with Crippen molar-refractivity contribution in [2.24, 2.45) is 0 Å². The molecule has 0 aromatic heterocycles. The molecule has 0 spiro atoms. The Morgan fingerprint density at radius 1 is 1.25 bits per heavy atom. The first-order valence-electron chi connectivity index (χ1n) is 6.99. The fourth-order valence-electron chi connectivity index (χ4n) is 2.98. The number of ether oxygens (including phenoxy) is 2. The van der Waals surface area contributed by atoms with Gasteiger partial charge in [-0.1, -0.05) is 30.3 Å². The summed E-state index contributed by atoms with van der Waals surface area (Å²) in [5, 5.41) is 9.79. The fourth-order valence-corrected chi connectivity index (χ4v) is 2.98. The van der Waals surface area contributed by atoms with E-state index in [9.17, 15) is 9.90 Å². The van der Waals surface area contributed by atoms with Crippen molar-refractivity contribution in [1.82, 2.24) is 4.90 Å². The third-order valence-corrected chi connectivity index (χ3v) is 3.91. The number of aliphatic hydroxyl groups excluding tert-OH is 1. The first-order chi connectivity index (χ1) is 9.74. The summed E-state index contributed by atoms with van der Waals surface area (Å²) in [6.45, 7) is 1.24. The van der Waals surface area contributed by atoms with Crippen molar-refractivity contribution in [3.8, 4) is 0 Å². The molecule has 1 N–H and O–H groups in total. The van der Waals surface area contributed by atoms with E-state index in [4.69, 9.17) is 9.47 Å². The Morgan fingerprint density at radius 3 is 2.55 bits per heavy atom. The SMILES string of the molecule is O=C(OCc1ccccc1)N1C2COCC1CC(O)C2. The highest BCUT2D eigenvalue weighted by atomic mass is 16.6. The van der Waals surface area contributed by atoms with E-state index in [-0.39, 0.29) is 30.9 Å². The number of carbonyl (C=O) groups excluding carboxylic acids is 1. The smallest absolute Gasteiger partial charge is 0.410 e. The van der Waals surface area contributed by atoms with Crippen LogP contribution in [-0.2, 0) is 16.1 Å². The molecule has 20 heavy (non-hydrogen) atoms. The van der Waals surface area contributed by atoms with Crippen molar-refractivity contribution in [1.29, 1.82) is 0 Å². The Labute approximate surface area is 118 Å². The molecule has 2 aliphatic heterocycles. The molecule has 2 heterocycles. The summed E-state index contributed by atoms with van der Waals surface area (Å²) >= 11 is 0. The van der Waals surface area contributed by atoms with E-state index in [0.29, 0.717) is 26.1 Å². The van der Waals surface area contributed by atoms with E-state index in [1.165, 1.54) is 0 Å². The van der Waals surface area contributed by atoms with Gasteiger partial charge in [-0.2, -0.15) is 0 Å². The zero-order valence-corrected chi connectivity index (χ0v) is 11.3. The van der Waals surface area contributed by atoms with E-state index in [0.717, 1.165) is 5.56 Å². The number of piperidine rings is 1. The van der Waals surface area contributed by atoms with Crippen LogP contribution in [0.2, 0.25) is 0 Å². The Hall–Kier alpha value is -1.59. The van der Waals surface area contributed by atoms with Gasteiger partial charge in [0.2, 0.25) is 0 Å². The van der Waals surface area contributed by atoms with Crippen molar-refractivity contribution >= 4 is 6.09 Å². The van der Waals surface area contributed by atoms with Crippen LogP contribution in [0.5, 0.6) is 0 Å². The monoisotopic (exact) mass is 277 g/mol. The standard InChI is InChI=1S/C15H19NO4/c17-14-6-12-9-19-10-13(7-14)16(12)15(18)20-8-11-4-2-1-3-5-11/h1-5,12-14,17H,6-10H2. The highest BCUT2D eigenvalue weighted by Gasteiger charge is 2.41. The molecular weight excluding hydrogens is 258 g/mol. The topological polar surface area (TPSA) is 59.0 Å². The molecule has 108 valence electrons. The van der Waals surface area contributed by atoms with E-state index in [1.54, 1.807) is 4.90 Å². The maximum Gasteiger partial charge on any atom is 0.410 e. The van der Waals surface area contributed by atoms with Gasteiger partial charge in [0.1, 0.15) is 6.61 Å². The second-order valence-electron chi connectivity index (χ2n) is 5.42. The Morgan fingerprint density at radius 2 is 1.90 bits per heavy atom. The van der Waals surface area contributed by atoms with Crippen LogP contribution in [-0.4, -0.2) is 47.5 Å². The molecule has 3 rings (SSSR count). The number of hydrogen-bond acceptors (Lipinski definition) is 4. The normalized spacial score (nSPS) is 29.1. The molecule has 2 saturated heterocycles. The number of fused-ring (bicyclic) bond motifs is 2. The van der Waals surface area contributed by atoms with Gasteiger partial charge in [0.25, 0.3) is 0 Å². The van der Waals surface area contributed by atoms with Gasteiger partial charge < -0.3 is 14.6 Å². The predicted molar refractivity (Wildman–Crippen MR) is 72.1 cm³/mol. The second-order valence-corrected chi connectivity index (χ2v) is 5.42. The number of hydrogen-bond donors (Lipinski definition) is 1. The van der Waals surface area contributed by atoms with Gasteiger partial charge in [-0.3, -0.25) is 4.90 Å². The minimum atomic E-state index is -0.341. The van der Waals surface area contributed by atoms with Crippen molar-refractivity contribution in [2.45, 2.75) is 37.6 Å².